The van der Waals surface area contributed by atoms with Gasteiger partial charge in [-0.1, -0.05) is 0 Å². The average Bonchev–Trinajstić information content (AvgIpc) is 3.00. The Hall–Kier alpha value is -1.78. The lowest BCUT2D eigenvalue weighted by Gasteiger charge is -2.21. The number of aliphatic hydroxyl groups excluding tert-OH is 1. The van der Waals surface area contributed by atoms with Crippen LogP contribution in [0.25, 0.3) is 11.2 Å². The van der Waals surface area contributed by atoms with Crippen LogP contribution in [0.1, 0.15) is 13.8 Å². The summed E-state index contributed by atoms with van der Waals surface area (Å²) in [6.45, 7) is 3.48. The van der Waals surface area contributed by atoms with E-state index in [-0.39, 0.29) is 38.6 Å². The number of nitrogens with zero attached hydrogens (tertiary/aromatic N) is 4. The highest BCUT2D eigenvalue weighted by Gasteiger charge is 2.26. The number of rotatable bonds is 11. The largest absolute Gasteiger partial charge is 0.408 e. The Labute approximate surface area is 144 Å². The minimum Gasteiger partial charge on any atom is -0.408 e. The van der Waals surface area contributed by atoms with Crippen molar-refractivity contribution < 1.29 is 28.3 Å². The molecule has 2 aromatic heterocycles. The number of fused-ring (bicyclic) bond motifs is 1. The number of nitrogen functional groups attached to an aromatic ring is 1. The Morgan fingerprint density at radius 2 is 2.00 bits per heavy atom. The number of imidazole rings is 1. The molecular formula is C13H22N5O6P. The second kappa shape index (κ2) is 9.07. The Morgan fingerprint density at radius 1 is 1.28 bits per heavy atom. The van der Waals surface area contributed by atoms with E-state index >= 15 is 0 Å². The number of anilines is 1. The summed E-state index contributed by atoms with van der Waals surface area (Å²) in [7, 11) is -3.36. The molecule has 0 aliphatic rings. The molecule has 3 N–H and O–H groups in total. The van der Waals surface area contributed by atoms with Gasteiger partial charge in [-0.3, -0.25) is 4.57 Å². The van der Waals surface area contributed by atoms with Gasteiger partial charge in [0, 0.05) is 0 Å². The third-order valence-corrected chi connectivity index (χ3v) is 4.82. The van der Waals surface area contributed by atoms with Gasteiger partial charge in [-0.2, -0.15) is 4.73 Å². The van der Waals surface area contributed by atoms with Gasteiger partial charge in [0.25, 0.3) is 0 Å². The molecule has 140 valence electrons. The number of aromatic nitrogens is 4. The maximum Gasteiger partial charge on any atom is 0.356 e. The van der Waals surface area contributed by atoms with Gasteiger partial charge in [0.05, 0.1) is 19.8 Å². The molecule has 0 fully saturated rings. The van der Waals surface area contributed by atoms with E-state index in [4.69, 9.17) is 24.4 Å². The molecule has 0 saturated carbocycles. The van der Waals surface area contributed by atoms with Crippen LogP contribution in [-0.2, 0) is 18.3 Å². The first-order valence-electron chi connectivity index (χ1n) is 7.70. The van der Waals surface area contributed by atoms with Gasteiger partial charge in [-0.25, -0.2) is 15.0 Å². The van der Waals surface area contributed by atoms with Gasteiger partial charge >= 0.3 is 7.60 Å². The molecule has 2 rings (SSSR count). The van der Waals surface area contributed by atoms with Gasteiger partial charge in [0.15, 0.2) is 11.3 Å². The van der Waals surface area contributed by atoms with E-state index in [2.05, 4.69) is 15.0 Å². The highest BCUT2D eigenvalue weighted by molar-refractivity contribution is 7.53. The van der Waals surface area contributed by atoms with Gasteiger partial charge in [-0.15, -0.1) is 0 Å². The smallest absolute Gasteiger partial charge is 0.356 e. The Kier molecular flexibility index (Phi) is 7.09. The molecule has 11 nitrogen and oxygen atoms in total. The van der Waals surface area contributed by atoms with Gasteiger partial charge in [0.1, 0.15) is 31.7 Å². The van der Waals surface area contributed by atoms with Crippen molar-refractivity contribution in [3.05, 3.63) is 12.7 Å². The van der Waals surface area contributed by atoms with E-state index in [1.54, 1.807) is 13.8 Å². The van der Waals surface area contributed by atoms with E-state index in [1.165, 1.54) is 17.4 Å². The van der Waals surface area contributed by atoms with Crippen molar-refractivity contribution in [1.82, 2.24) is 19.7 Å². The SMILES string of the molecule is CCOP(=O)(CO[C@@H](CO)COn1cnc2c(N)ncnc21)OCC. The van der Waals surface area contributed by atoms with E-state index < -0.39 is 13.7 Å². The fourth-order valence-corrected chi connectivity index (χ4v) is 3.35. The van der Waals surface area contributed by atoms with E-state index in [9.17, 15) is 9.67 Å². The van der Waals surface area contributed by atoms with Crippen LogP contribution in [0.3, 0.4) is 0 Å². The normalized spacial score (nSPS) is 13.2. The molecule has 0 aliphatic carbocycles. The van der Waals surface area contributed by atoms with Crippen LogP contribution >= 0.6 is 7.60 Å². The lowest BCUT2D eigenvalue weighted by Crippen LogP contribution is -2.30. The number of ether oxygens (including phenoxy) is 1. The lowest BCUT2D eigenvalue weighted by molar-refractivity contribution is -0.0345. The van der Waals surface area contributed by atoms with Crippen LogP contribution in [0.4, 0.5) is 5.82 Å². The minimum atomic E-state index is -3.36. The maximum atomic E-state index is 12.3. The summed E-state index contributed by atoms with van der Waals surface area (Å²) in [5.74, 6) is 0.233. The summed E-state index contributed by atoms with van der Waals surface area (Å²) in [6, 6.07) is 0. The predicted molar refractivity (Wildman–Crippen MR) is 88.9 cm³/mol. The Balaban J connectivity index is 1.95. The van der Waals surface area contributed by atoms with E-state index in [0.29, 0.717) is 11.2 Å². The zero-order valence-corrected chi connectivity index (χ0v) is 15.0. The second-order valence-corrected chi connectivity index (χ2v) is 6.84. The van der Waals surface area contributed by atoms with Gasteiger partial charge in [-0.05, 0) is 13.8 Å². The Bertz CT molecular complexity index is 716. The highest BCUT2D eigenvalue weighted by Crippen LogP contribution is 2.48. The molecule has 2 aromatic rings. The summed E-state index contributed by atoms with van der Waals surface area (Å²) in [5, 5.41) is 9.42. The predicted octanol–water partition coefficient (Wildman–Crippen LogP) is 0.438. The summed E-state index contributed by atoms with van der Waals surface area (Å²) in [4.78, 5) is 17.4. The molecular weight excluding hydrogens is 353 g/mol. The van der Waals surface area contributed by atoms with Crippen molar-refractivity contribution in [2.24, 2.45) is 0 Å². The third kappa shape index (κ3) is 5.10. The van der Waals surface area contributed by atoms with E-state index in [1.807, 2.05) is 0 Å². The van der Waals surface area contributed by atoms with Crippen LogP contribution in [0, 0.1) is 0 Å². The number of hydrogen-bond acceptors (Lipinski definition) is 10. The molecule has 12 heteroatoms. The van der Waals surface area contributed by atoms with Crippen molar-refractivity contribution in [2.45, 2.75) is 20.0 Å². The van der Waals surface area contributed by atoms with Crippen molar-refractivity contribution in [3.63, 3.8) is 0 Å². The van der Waals surface area contributed by atoms with Crippen LogP contribution in [0.15, 0.2) is 12.7 Å². The summed E-state index contributed by atoms with van der Waals surface area (Å²) in [6.07, 6.45) is 1.64. The quantitative estimate of drug-likeness (QED) is 0.531. The molecule has 0 amide bonds. The van der Waals surface area contributed by atoms with Crippen molar-refractivity contribution in [1.29, 1.82) is 0 Å². The average molecular weight is 375 g/mol. The minimum absolute atomic E-state index is 0.0376. The molecule has 0 aromatic carbocycles. The molecule has 0 bridgehead atoms. The Morgan fingerprint density at radius 3 is 2.64 bits per heavy atom. The highest BCUT2D eigenvalue weighted by atomic mass is 31.2. The van der Waals surface area contributed by atoms with Crippen molar-refractivity contribution >= 4 is 24.6 Å². The fraction of sp³-hybridized carbons (Fsp3) is 0.615. The maximum absolute atomic E-state index is 12.3. The molecule has 0 aliphatic heterocycles. The summed E-state index contributed by atoms with van der Waals surface area (Å²) >= 11 is 0. The molecule has 0 spiro atoms. The van der Waals surface area contributed by atoms with Gasteiger partial charge < -0.3 is 29.5 Å². The molecule has 1 atom stereocenters. The van der Waals surface area contributed by atoms with Gasteiger partial charge in [0.2, 0.25) is 5.65 Å². The third-order valence-electron chi connectivity index (χ3n) is 3.05. The lowest BCUT2D eigenvalue weighted by atomic mass is 10.4. The van der Waals surface area contributed by atoms with Crippen LogP contribution in [0.5, 0.6) is 0 Å². The summed E-state index contributed by atoms with van der Waals surface area (Å²) < 4.78 is 29.3. The van der Waals surface area contributed by atoms with Crippen molar-refractivity contribution in [2.75, 3.05) is 38.5 Å². The van der Waals surface area contributed by atoms with Crippen LogP contribution < -0.4 is 10.6 Å². The zero-order valence-electron chi connectivity index (χ0n) is 14.1. The fourth-order valence-electron chi connectivity index (χ4n) is 1.95. The topological polar surface area (TPSA) is 144 Å². The molecule has 2 heterocycles. The molecule has 0 radical (unpaired) electrons. The molecule has 0 unspecified atom stereocenters. The van der Waals surface area contributed by atoms with E-state index in [0.717, 1.165) is 0 Å². The molecule has 0 saturated heterocycles. The second-order valence-electron chi connectivity index (χ2n) is 4.84. The first kappa shape index (κ1) is 19.5. The zero-order chi connectivity index (χ0) is 18.3. The first-order valence-corrected chi connectivity index (χ1v) is 9.43. The standard InChI is InChI=1S/C13H22N5O6P/c1-3-23-25(20,24-4-2)9-21-10(5-19)6-22-18-8-17-11-12(14)15-7-16-13(11)18/h7-8,10,19H,3-6,9H2,1-2H3,(H2,14,15,16)/t10-/m0/s1. The monoisotopic (exact) mass is 375 g/mol. The first-order chi connectivity index (χ1) is 12.0. The van der Waals surface area contributed by atoms with Crippen LogP contribution in [-0.4, -0.2) is 63.7 Å². The van der Waals surface area contributed by atoms with Crippen LogP contribution in [0.2, 0.25) is 0 Å². The number of nitrogens with two attached hydrogens (primary N) is 1. The summed E-state index contributed by atoms with van der Waals surface area (Å²) in [5.41, 5.74) is 6.49. The van der Waals surface area contributed by atoms with Crippen molar-refractivity contribution in [3.8, 4) is 0 Å². The number of aliphatic hydroxyl groups is 1. The number of hydrogen-bond donors (Lipinski definition) is 2. The molecule has 25 heavy (non-hydrogen) atoms.